The van der Waals surface area contributed by atoms with Crippen LogP contribution in [0.25, 0.3) is 0 Å². The summed E-state index contributed by atoms with van der Waals surface area (Å²) >= 11 is 0. The first-order valence-corrected chi connectivity index (χ1v) is 6.41. The second kappa shape index (κ2) is 7.61. The molecule has 4 heteroatoms. The first-order valence-electron chi connectivity index (χ1n) is 6.41. The molecule has 0 bridgehead atoms. The zero-order valence-electron chi connectivity index (χ0n) is 10.8. The Hall–Kier alpha value is -1.78. The number of ether oxygens (including phenoxy) is 1. The van der Waals surface area contributed by atoms with Crippen LogP contribution in [0.15, 0.2) is 49.1 Å². The van der Waals surface area contributed by atoms with E-state index >= 15 is 0 Å². The molecule has 0 saturated carbocycles. The standard InChI is InChI=1S/C15H18N2O2/c18-9-5-15(14-4-2-8-17-12-14)19-10-6-13-3-1-7-16-11-13/h1-4,7-8,11-12,15,18H,5-6,9-10H2. The smallest absolute Gasteiger partial charge is 0.0861 e. The Morgan fingerprint density at radius 3 is 2.53 bits per heavy atom. The molecule has 1 N–H and O–H groups in total. The van der Waals surface area contributed by atoms with Gasteiger partial charge in [-0.1, -0.05) is 12.1 Å². The number of aliphatic hydroxyl groups excluding tert-OH is 1. The maximum atomic E-state index is 9.10. The van der Waals surface area contributed by atoms with Gasteiger partial charge in [0, 0.05) is 37.8 Å². The molecule has 4 nitrogen and oxygen atoms in total. The molecule has 1 atom stereocenters. The molecule has 0 amide bonds. The molecule has 1 unspecified atom stereocenters. The van der Waals surface area contributed by atoms with Crippen molar-refractivity contribution in [2.24, 2.45) is 0 Å². The van der Waals surface area contributed by atoms with Crippen LogP contribution in [0.5, 0.6) is 0 Å². The summed E-state index contributed by atoms with van der Waals surface area (Å²) in [6.45, 7) is 0.706. The van der Waals surface area contributed by atoms with Crippen LogP contribution >= 0.6 is 0 Å². The van der Waals surface area contributed by atoms with Crippen molar-refractivity contribution in [1.82, 2.24) is 9.97 Å². The highest BCUT2D eigenvalue weighted by molar-refractivity contribution is 5.12. The van der Waals surface area contributed by atoms with Gasteiger partial charge in [0.05, 0.1) is 12.7 Å². The van der Waals surface area contributed by atoms with E-state index in [0.29, 0.717) is 13.0 Å². The lowest BCUT2D eigenvalue weighted by Crippen LogP contribution is -2.09. The summed E-state index contributed by atoms with van der Waals surface area (Å²) in [6.07, 6.45) is 8.41. The van der Waals surface area contributed by atoms with Crippen molar-refractivity contribution in [2.45, 2.75) is 18.9 Å². The third-order valence-corrected chi connectivity index (χ3v) is 2.88. The first kappa shape index (κ1) is 13.6. The molecule has 2 aromatic rings. The first-order chi connectivity index (χ1) is 9.40. The second-order valence-corrected chi connectivity index (χ2v) is 4.27. The average Bonchev–Trinajstić information content (AvgIpc) is 2.48. The molecule has 2 aromatic heterocycles. The molecule has 0 aliphatic heterocycles. The van der Waals surface area contributed by atoms with Crippen molar-refractivity contribution in [3.8, 4) is 0 Å². The van der Waals surface area contributed by atoms with Crippen LogP contribution in [0.1, 0.15) is 23.7 Å². The van der Waals surface area contributed by atoms with Gasteiger partial charge in [0.15, 0.2) is 0 Å². The number of hydrogen-bond donors (Lipinski definition) is 1. The minimum absolute atomic E-state index is 0.102. The molecule has 0 saturated heterocycles. The normalized spacial score (nSPS) is 12.3. The largest absolute Gasteiger partial charge is 0.396 e. The van der Waals surface area contributed by atoms with Gasteiger partial charge in [0.1, 0.15) is 0 Å². The number of hydrogen-bond acceptors (Lipinski definition) is 4. The van der Waals surface area contributed by atoms with Gasteiger partial charge < -0.3 is 9.84 Å². The fraction of sp³-hybridized carbons (Fsp3) is 0.333. The topological polar surface area (TPSA) is 55.2 Å². The highest BCUT2D eigenvalue weighted by atomic mass is 16.5. The van der Waals surface area contributed by atoms with Crippen molar-refractivity contribution >= 4 is 0 Å². The molecule has 0 spiro atoms. The molecule has 19 heavy (non-hydrogen) atoms. The van der Waals surface area contributed by atoms with Gasteiger partial charge in [-0.25, -0.2) is 0 Å². The molecule has 0 aromatic carbocycles. The lowest BCUT2D eigenvalue weighted by Gasteiger charge is -2.17. The molecular formula is C15H18N2O2. The Balaban J connectivity index is 1.87. The molecule has 0 fully saturated rings. The third kappa shape index (κ3) is 4.43. The molecule has 0 aliphatic carbocycles. The van der Waals surface area contributed by atoms with E-state index in [-0.39, 0.29) is 12.7 Å². The van der Waals surface area contributed by atoms with Gasteiger partial charge in [-0.3, -0.25) is 9.97 Å². The Morgan fingerprint density at radius 1 is 1.11 bits per heavy atom. The van der Waals surface area contributed by atoms with E-state index in [1.807, 2.05) is 30.5 Å². The Labute approximate surface area is 113 Å². The molecule has 0 aliphatic rings. The summed E-state index contributed by atoms with van der Waals surface area (Å²) in [6, 6.07) is 7.80. The predicted molar refractivity (Wildman–Crippen MR) is 72.6 cm³/mol. The van der Waals surface area contributed by atoms with E-state index in [9.17, 15) is 0 Å². The minimum Gasteiger partial charge on any atom is -0.396 e. The third-order valence-electron chi connectivity index (χ3n) is 2.88. The summed E-state index contributed by atoms with van der Waals surface area (Å²) in [7, 11) is 0. The van der Waals surface area contributed by atoms with Gasteiger partial charge in [0.25, 0.3) is 0 Å². The molecule has 100 valence electrons. The van der Waals surface area contributed by atoms with Crippen molar-refractivity contribution in [3.63, 3.8) is 0 Å². The van der Waals surface area contributed by atoms with E-state index in [2.05, 4.69) is 9.97 Å². The Bertz CT molecular complexity index is 462. The lowest BCUT2D eigenvalue weighted by molar-refractivity contribution is 0.0363. The summed E-state index contributed by atoms with van der Waals surface area (Å²) in [5.41, 5.74) is 2.15. The van der Waals surface area contributed by atoms with Gasteiger partial charge in [-0.2, -0.15) is 0 Å². The van der Waals surface area contributed by atoms with Crippen LogP contribution in [0.2, 0.25) is 0 Å². The second-order valence-electron chi connectivity index (χ2n) is 4.27. The van der Waals surface area contributed by atoms with Crippen LogP contribution < -0.4 is 0 Å². The summed E-state index contributed by atoms with van der Waals surface area (Å²) in [5.74, 6) is 0. The van der Waals surface area contributed by atoms with Crippen LogP contribution in [-0.2, 0) is 11.2 Å². The summed E-state index contributed by atoms with van der Waals surface area (Å²) in [5, 5.41) is 9.10. The van der Waals surface area contributed by atoms with Crippen molar-refractivity contribution in [3.05, 3.63) is 60.2 Å². The van der Waals surface area contributed by atoms with Crippen molar-refractivity contribution in [2.75, 3.05) is 13.2 Å². The van der Waals surface area contributed by atoms with Gasteiger partial charge in [0.2, 0.25) is 0 Å². The Morgan fingerprint density at radius 2 is 1.89 bits per heavy atom. The van der Waals surface area contributed by atoms with Crippen LogP contribution in [0, 0.1) is 0 Å². The predicted octanol–water partition coefficient (Wildman–Crippen LogP) is 2.16. The zero-order valence-corrected chi connectivity index (χ0v) is 10.8. The number of aliphatic hydroxyl groups is 1. The van der Waals surface area contributed by atoms with Gasteiger partial charge in [-0.05, 0) is 29.7 Å². The molecule has 2 heterocycles. The number of pyridine rings is 2. The quantitative estimate of drug-likeness (QED) is 0.827. The Kier molecular flexibility index (Phi) is 5.47. The zero-order chi connectivity index (χ0) is 13.3. The fourth-order valence-corrected chi connectivity index (χ4v) is 1.89. The van der Waals surface area contributed by atoms with Crippen molar-refractivity contribution < 1.29 is 9.84 Å². The van der Waals surface area contributed by atoms with E-state index in [1.165, 1.54) is 0 Å². The lowest BCUT2D eigenvalue weighted by atomic mass is 10.1. The molecular weight excluding hydrogens is 240 g/mol. The van der Waals surface area contributed by atoms with E-state index in [0.717, 1.165) is 17.5 Å². The number of nitrogens with zero attached hydrogens (tertiary/aromatic N) is 2. The monoisotopic (exact) mass is 258 g/mol. The maximum Gasteiger partial charge on any atom is 0.0861 e. The minimum atomic E-state index is -0.102. The van der Waals surface area contributed by atoms with Crippen LogP contribution in [-0.4, -0.2) is 28.3 Å². The van der Waals surface area contributed by atoms with Crippen molar-refractivity contribution in [1.29, 1.82) is 0 Å². The SMILES string of the molecule is OCCC(OCCc1cccnc1)c1cccnc1. The van der Waals surface area contributed by atoms with Gasteiger partial charge in [-0.15, -0.1) is 0 Å². The molecule has 0 radical (unpaired) electrons. The highest BCUT2D eigenvalue weighted by Crippen LogP contribution is 2.20. The maximum absolute atomic E-state index is 9.10. The van der Waals surface area contributed by atoms with E-state index in [1.54, 1.807) is 18.6 Å². The number of rotatable bonds is 7. The summed E-state index contributed by atoms with van der Waals surface area (Å²) < 4.78 is 5.84. The van der Waals surface area contributed by atoms with Crippen LogP contribution in [0.3, 0.4) is 0 Å². The molecule has 2 rings (SSSR count). The fourth-order valence-electron chi connectivity index (χ4n) is 1.89. The number of aromatic nitrogens is 2. The summed E-state index contributed by atoms with van der Waals surface area (Å²) in [4.78, 5) is 8.15. The average molecular weight is 258 g/mol. The highest BCUT2D eigenvalue weighted by Gasteiger charge is 2.11. The van der Waals surface area contributed by atoms with Gasteiger partial charge >= 0.3 is 0 Å². The van der Waals surface area contributed by atoms with E-state index < -0.39 is 0 Å². The van der Waals surface area contributed by atoms with E-state index in [4.69, 9.17) is 9.84 Å². The van der Waals surface area contributed by atoms with Crippen LogP contribution in [0.4, 0.5) is 0 Å².